The molecule has 4 fully saturated rings. The highest BCUT2D eigenvalue weighted by molar-refractivity contribution is 7.91. The number of allylic oxidation sites excluding steroid dienone is 1. The summed E-state index contributed by atoms with van der Waals surface area (Å²) in [6.45, 7) is -0.0258. The standard InChI is InChI=1S/C41H46N6O9S2/c48-36-31-20-26(54-33-21-30(37-42-18-19-57-37)43-34-28-13-8-9-15-32(28)56-35(33)34)23-47(31)38(49)29(44-40(51)55-25-11-6-7-12-25)14-5-3-1-2-4-10-24-22-41(24,45-36)39(50)46-58(52,53)27-16-17-27/h4,8-10,13,15,18-19,21,24-27,29,31H,1-3,5-7,11-12,14,16-17,20,22-23H2,(H,44,51)(H,45,48)(H,46,50)/t24-,26-,29+,31+,41-/m1/s1. The molecule has 0 spiro atoms. The van der Waals surface area contributed by atoms with Crippen LogP contribution in [0.25, 0.3) is 32.8 Å². The monoisotopic (exact) mass is 830 g/mol. The summed E-state index contributed by atoms with van der Waals surface area (Å²) < 4.78 is 46.8. The molecule has 3 saturated carbocycles. The number of rotatable bonds is 8. The highest BCUT2D eigenvalue weighted by atomic mass is 32.2. The quantitative estimate of drug-likeness (QED) is 0.190. The first kappa shape index (κ1) is 38.5. The lowest BCUT2D eigenvalue weighted by Gasteiger charge is -2.30. The van der Waals surface area contributed by atoms with Gasteiger partial charge in [-0.1, -0.05) is 37.1 Å². The lowest BCUT2D eigenvalue weighted by molar-refractivity contribution is -0.141. The summed E-state index contributed by atoms with van der Waals surface area (Å²) in [5.41, 5.74) is 0.638. The molecule has 1 saturated heterocycles. The lowest BCUT2D eigenvalue weighted by atomic mass is 10.0. The number of amides is 4. The van der Waals surface area contributed by atoms with E-state index >= 15 is 0 Å². The molecule has 15 nitrogen and oxygen atoms in total. The molecule has 17 heteroatoms. The first-order chi connectivity index (χ1) is 28.1. The van der Waals surface area contributed by atoms with E-state index in [1.54, 1.807) is 12.3 Å². The Labute approximate surface area is 339 Å². The average Bonchev–Trinajstić information content (AvgIpc) is 3.81. The molecule has 3 aliphatic carbocycles. The summed E-state index contributed by atoms with van der Waals surface area (Å²) in [6, 6.07) is 7.13. The predicted octanol–water partition coefficient (Wildman–Crippen LogP) is 5.49. The maximum Gasteiger partial charge on any atom is 0.408 e. The zero-order valence-electron chi connectivity index (χ0n) is 31.9. The number of ether oxygens (including phenoxy) is 2. The van der Waals surface area contributed by atoms with Crippen LogP contribution >= 0.6 is 11.3 Å². The van der Waals surface area contributed by atoms with Crippen LogP contribution in [0.15, 0.2) is 58.5 Å². The Morgan fingerprint density at radius 3 is 2.62 bits per heavy atom. The van der Waals surface area contributed by atoms with Gasteiger partial charge in [-0.05, 0) is 76.3 Å². The van der Waals surface area contributed by atoms with Gasteiger partial charge >= 0.3 is 6.09 Å². The number of thiazole rings is 1. The van der Waals surface area contributed by atoms with Crippen molar-refractivity contribution in [3.05, 3.63) is 54.1 Å². The molecule has 0 bridgehead atoms. The lowest BCUT2D eigenvalue weighted by Crippen LogP contribution is -2.58. The number of furan rings is 1. The highest BCUT2D eigenvalue weighted by Gasteiger charge is 2.62. The van der Waals surface area contributed by atoms with Gasteiger partial charge in [0.1, 0.15) is 51.6 Å². The van der Waals surface area contributed by atoms with Crippen molar-refractivity contribution in [2.75, 3.05) is 6.54 Å². The minimum atomic E-state index is -3.90. The number of benzene rings is 1. The molecule has 4 aromatic rings. The Morgan fingerprint density at radius 2 is 1.83 bits per heavy atom. The van der Waals surface area contributed by atoms with Crippen LogP contribution in [0.4, 0.5) is 4.79 Å². The topological polar surface area (TPSA) is 199 Å². The second kappa shape index (κ2) is 15.6. The van der Waals surface area contributed by atoms with Crippen LogP contribution in [0.2, 0.25) is 0 Å². The first-order valence-corrected chi connectivity index (χ1v) is 22.7. The predicted molar refractivity (Wildman–Crippen MR) is 214 cm³/mol. The van der Waals surface area contributed by atoms with Gasteiger partial charge in [-0.15, -0.1) is 11.3 Å². The van der Waals surface area contributed by atoms with E-state index in [-0.39, 0.29) is 25.5 Å². The van der Waals surface area contributed by atoms with Crippen LogP contribution in [0.5, 0.6) is 5.75 Å². The molecule has 3 aromatic heterocycles. The normalized spacial score (nSPS) is 27.0. The van der Waals surface area contributed by atoms with Gasteiger partial charge in [-0.3, -0.25) is 19.1 Å². The summed E-state index contributed by atoms with van der Waals surface area (Å²) in [4.78, 5) is 67.1. The number of carbonyl (C=O) groups is 4. The summed E-state index contributed by atoms with van der Waals surface area (Å²) in [5.74, 6) is -1.96. The average molecular weight is 831 g/mol. The van der Waals surface area contributed by atoms with E-state index in [2.05, 4.69) is 20.3 Å². The zero-order valence-corrected chi connectivity index (χ0v) is 33.5. The van der Waals surface area contributed by atoms with Crippen molar-refractivity contribution < 1.29 is 41.5 Å². The van der Waals surface area contributed by atoms with Crippen LogP contribution < -0.4 is 20.1 Å². The van der Waals surface area contributed by atoms with Crippen molar-refractivity contribution in [2.45, 2.75) is 119 Å². The molecule has 5 atom stereocenters. The van der Waals surface area contributed by atoms with Crippen LogP contribution in [-0.2, 0) is 29.1 Å². The van der Waals surface area contributed by atoms with E-state index in [1.807, 2.05) is 41.8 Å². The minimum absolute atomic E-state index is 0.0258. The Bertz CT molecular complexity index is 2370. The van der Waals surface area contributed by atoms with Gasteiger partial charge in [0.25, 0.3) is 5.91 Å². The minimum Gasteiger partial charge on any atom is -0.484 e. The molecule has 4 amide bonds. The number of hydrogen-bond acceptors (Lipinski definition) is 12. The number of nitrogens with one attached hydrogen (secondary N) is 3. The Hall–Kier alpha value is -5.03. The fourth-order valence-electron chi connectivity index (χ4n) is 8.56. The molecule has 306 valence electrons. The number of hydrogen-bond donors (Lipinski definition) is 3. The first-order valence-electron chi connectivity index (χ1n) is 20.3. The maximum atomic E-state index is 14.7. The van der Waals surface area contributed by atoms with Crippen LogP contribution in [0.1, 0.15) is 83.5 Å². The summed E-state index contributed by atoms with van der Waals surface area (Å²) in [7, 11) is -3.90. The Morgan fingerprint density at radius 1 is 1.02 bits per heavy atom. The summed E-state index contributed by atoms with van der Waals surface area (Å²) >= 11 is 1.42. The van der Waals surface area contributed by atoms with Gasteiger partial charge in [-0.25, -0.2) is 23.2 Å². The van der Waals surface area contributed by atoms with Gasteiger partial charge in [0, 0.05) is 35.4 Å². The number of pyridine rings is 1. The molecule has 5 heterocycles. The van der Waals surface area contributed by atoms with E-state index in [1.165, 1.54) is 16.2 Å². The van der Waals surface area contributed by atoms with Gasteiger partial charge < -0.3 is 29.4 Å². The molecule has 2 aliphatic heterocycles. The Balaban J connectivity index is 1.04. The number of aromatic nitrogens is 2. The molecule has 58 heavy (non-hydrogen) atoms. The molecule has 3 N–H and O–H groups in total. The largest absolute Gasteiger partial charge is 0.484 e. The van der Waals surface area contributed by atoms with E-state index in [0.717, 1.165) is 43.9 Å². The van der Waals surface area contributed by atoms with Crippen molar-refractivity contribution in [2.24, 2.45) is 5.92 Å². The Kier molecular flexibility index (Phi) is 10.4. The van der Waals surface area contributed by atoms with Gasteiger partial charge in [0.05, 0.1) is 11.8 Å². The van der Waals surface area contributed by atoms with Crippen LogP contribution in [-0.4, -0.2) is 88.7 Å². The number of nitrogens with zero attached hydrogens (tertiary/aromatic N) is 3. The van der Waals surface area contributed by atoms with Crippen molar-refractivity contribution in [1.82, 2.24) is 30.2 Å². The number of para-hydroxylation sites is 1. The molecule has 0 radical (unpaired) electrons. The van der Waals surface area contributed by atoms with Gasteiger partial charge in [0.15, 0.2) is 11.3 Å². The number of sulfonamides is 1. The second-order valence-electron chi connectivity index (χ2n) is 16.1. The SMILES string of the molecule is O=C(N[C@H]1CCCCCC=C[C@@H]2C[C@@]2(C(=O)NS(=O)(=O)C2CC2)NC(=O)[C@@H]2C[C@@H](Oc3cc(-c4nccs4)nc4c3oc3ccccc34)CN2C1=O)OC1CCCC1. The van der Waals surface area contributed by atoms with E-state index in [9.17, 15) is 27.6 Å². The molecule has 5 aliphatic rings. The van der Waals surface area contributed by atoms with Gasteiger partial charge in [0.2, 0.25) is 21.8 Å². The molecular weight excluding hydrogens is 785 g/mol. The third-order valence-electron chi connectivity index (χ3n) is 11.9. The van der Waals surface area contributed by atoms with E-state index in [0.29, 0.717) is 65.2 Å². The fourth-order valence-corrected chi connectivity index (χ4v) is 10.5. The smallest absolute Gasteiger partial charge is 0.408 e. The third-order valence-corrected chi connectivity index (χ3v) is 14.6. The molecule has 9 rings (SSSR count). The number of fused-ring (bicyclic) bond motifs is 5. The van der Waals surface area contributed by atoms with Crippen molar-refractivity contribution in [1.29, 1.82) is 0 Å². The number of carbonyl (C=O) groups excluding carboxylic acids is 4. The van der Waals surface area contributed by atoms with E-state index < -0.39 is 68.7 Å². The molecule has 1 aromatic carbocycles. The third kappa shape index (κ3) is 7.77. The zero-order chi connectivity index (χ0) is 40.0. The highest BCUT2D eigenvalue weighted by Crippen LogP contribution is 2.46. The van der Waals surface area contributed by atoms with Crippen LogP contribution in [0.3, 0.4) is 0 Å². The van der Waals surface area contributed by atoms with Gasteiger partial charge in [-0.2, -0.15) is 0 Å². The molecular formula is C41H46N6O9S2. The van der Waals surface area contributed by atoms with Crippen molar-refractivity contribution in [3.8, 4) is 16.5 Å². The summed E-state index contributed by atoms with van der Waals surface area (Å²) in [5, 5.41) is 8.41. The molecule has 0 unspecified atom stereocenters. The maximum absolute atomic E-state index is 14.7. The number of alkyl carbamates (subject to hydrolysis) is 1. The van der Waals surface area contributed by atoms with Crippen molar-refractivity contribution >= 4 is 67.2 Å². The second-order valence-corrected chi connectivity index (χ2v) is 19.0. The van der Waals surface area contributed by atoms with Crippen LogP contribution in [0, 0.1) is 5.92 Å². The van der Waals surface area contributed by atoms with E-state index in [4.69, 9.17) is 18.9 Å². The summed E-state index contributed by atoms with van der Waals surface area (Å²) in [6.07, 6.45) is 11.8. The van der Waals surface area contributed by atoms with Crippen molar-refractivity contribution in [3.63, 3.8) is 0 Å². The fraction of sp³-hybridized carbons (Fsp3) is 0.512.